The van der Waals surface area contributed by atoms with E-state index >= 15 is 0 Å². The minimum absolute atomic E-state index is 0.312. The minimum Gasteiger partial charge on any atom is -0.375 e. The number of hydrogen-bond donors (Lipinski definition) is 1. The van der Waals surface area contributed by atoms with Crippen molar-refractivity contribution in [2.75, 3.05) is 5.32 Å². The van der Waals surface area contributed by atoms with Gasteiger partial charge in [0.15, 0.2) is 0 Å². The third kappa shape index (κ3) is 2.53. The summed E-state index contributed by atoms with van der Waals surface area (Å²) in [6.07, 6.45) is 0. The summed E-state index contributed by atoms with van der Waals surface area (Å²) in [6.45, 7) is 7.17. The van der Waals surface area contributed by atoms with Gasteiger partial charge in [-0.15, -0.1) is 0 Å². The molecule has 1 N–H and O–H groups in total. The Morgan fingerprint density at radius 2 is 1.80 bits per heavy atom. The maximum absolute atomic E-state index is 14.0. The molecule has 1 heterocycles. The Kier molecular flexibility index (Phi) is 3.79. The van der Waals surface area contributed by atoms with E-state index in [0.717, 1.165) is 17.1 Å². The van der Waals surface area contributed by atoms with Gasteiger partial charge in [-0.3, -0.25) is 4.68 Å². The molecule has 2 rings (SSSR count). The van der Waals surface area contributed by atoms with E-state index in [2.05, 4.69) is 10.4 Å². The fourth-order valence-electron chi connectivity index (χ4n) is 2.27. The molecule has 0 aliphatic heterocycles. The number of aromatic nitrogens is 2. The van der Waals surface area contributed by atoms with E-state index in [1.807, 2.05) is 20.9 Å². The summed E-state index contributed by atoms with van der Waals surface area (Å²) < 4.78 is 29.3. The lowest BCUT2D eigenvalue weighted by Gasteiger charge is -2.17. The van der Waals surface area contributed by atoms with E-state index in [4.69, 9.17) is 0 Å². The van der Waals surface area contributed by atoms with Gasteiger partial charge in [0.25, 0.3) is 0 Å². The van der Waals surface area contributed by atoms with Gasteiger partial charge in [-0.05, 0) is 45.4 Å². The van der Waals surface area contributed by atoms with Crippen molar-refractivity contribution >= 4 is 5.69 Å². The molecule has 0 saturated heterocycles. The summed E-state index contributed by atoms with van der Waals surface area (Å²) >= 11 is 0. The van der Waals surface area contributed by atoms with Crippen molar-refractivity contribution < 1.29 is 8.78 Å². The van der Waals surface area contributed by atoms with Gasteiger partial charge < -0.3 is 5.32 Å². The van der Waals surface area contributed by atoms with E-state index in [9.17, 15) is 8.78 Å². The zero-order chi connectivity index (χ0) is 15.0. The number of anilines is 1. The maximum Gasteiger partial charge on any atom is 0.128 e. The second-order valence-electron chi connectivity index (χ2n) is 5.16. The molecular formula is C15H19F2N3. The first-order valence-electron chi connectivity index (χ1n) is 6.53. The van der Waals surface area contributed by atoms with Crippen molar-refractivity contribution in [1.82, 2.24) is 9.78 Å². The lowest BCUT2D eigenvalue weighted by Crippen LogP contribution is -2.11. The molecule has 0 fully saturated rings. The monoisotopic (exact) mass is 279 g/mol. The third-order valence-corrected chi connectivity index (χ3v) is 3.61. The molecule has 0 radical (unpaired) electrons. The van der Waals surface area contributed by atoms with E-state index in [0.29, 0.717) is 11.1 Å². The summed E-state index contributed by atoms with van der Waals surface area (Å²) in [6, 6.07) is 2.14. The van der Waals surface area contributed by atoms with Crippen molar-refractivity contribution in [2.45, 2.75) is 33.7 Å². The SMILES string of the molecule is Cc1cc(F)c(C(C)Nc2c(C)nn(C)c2C)cc1F. The van der Waals surface area contributed by atoms with Crippen molar-refractivity contribution in [3.63, 3.8) is 0 Å². The minimum atomic E-state index is -0.400. The number of nitrogens with one attached hydrogen (secondary N) is 1. The molecule has 1 unspecified atom stereocenters. The predicted octanol–water partition coefficient (Wildman–Crippen LogP) is 3.80. The first-order chi connectivity index (χ1) is 9.31. The number of benzene rings is 1. The van der Waals surface area contributed by atoms with E-state index in [1.54, 1.807) is 18.5 Å². The van der Waals surface area contributed by atoms with Gasteiger partial charge >= 0.3 is 0 Å². The summed E-state index contributed by atoms with van der Waals surface area (Å²) in [4.78, 5) is 0. The summed E-state index contributed by atoms with van der Waals surface area (Å²) in [7, 11) is 1.85. The molecule has 1 atom stereocenters. The molecule has 5 heteroatoms. The highest BCUT2D eigenvalue weighted by molar-refractivity contribution is 5.53. The number of rotatable bonds is 3. The van der Waals surface area contributed by atoms with Crippen molar-refractivity contribution in [3.8, 4) is 0 Å². The molecule has 0 spiro atoms. The van der Waals surface area contributed by atoms with Crippen molar-refractivity contribution in [2.24, 2.45) is 7.05 Å². The Hall–Kier alpha value is -1.91. The molecule has 3 nitrogen and oxygen atoms in total. The van der Waals surface area contributed by atoms with Crippen LogP contribution in [0, 0.1) is 32.4 Å². The lowest BCUT2D eigenvalue weighted by atomic mass is 10.0. The summed E-state index contributed by atoms with van der Waals surface area (Å²) in [5, 5.41) is 7.51. The van der Waals surface area contributed by atoms with Gasteiger partial charge in [0.05, 0.1) is 23.1 Å². The van der Waals surface area contributed by atoms with Crippen molar-refractivity contribution in [1.29, 1.82) is 0 Å². The number of aryl methyl sites for hydroxylation is 3. The van der Waals surface area contributed by atoms with Crippen LogP contribution in [0.25, 0.3) is 0 Å². The number of nitrogens with zero attached hydrogens (tertiary/aromatic N) is 2. The van der Waals surface area contributed by atoms with Crippen LogP contribution in [-0.2, 0) is 7.05 Å². The Bertz CT molecular complexity index is 647. The average Bonchev–Trinajstić information content (AvgIpc) is 2.60. The Morgan fingerprint density at radius 3 is 2.35 bits per heavy atom. The molecule has 2 aromatic rings. The smallest absolute Gasteiger partial charge is 0.128 e. The highest BCUT2D eigenvalue weighted by Gasteiger charge is 2.17. The first-order valence-corrected chi connectivity index (χ1v) is 6.53. The number of hydrogen-bond acceptors (Lipinski definition) is 2. The zero-order valence-electron chi connectivity index (χ0n) is 12.4. The standard InChI is InChI=1S/C15H19F2N3/c1-8-6-14(17)12(7-13(8)16)9(2)18-15-10(3)19-20(5)11(15)4/h6-7,9,18H,1-5H3. The van der Waals surface area contributed by atoms with Gasteiger partial charge in [-0.2, -0.15) is 5.10 Å². The molecule has 0 amide bonds. The molecule has 1 aromatic heterocycles. The van der Waals surface area contributed by atoms with Crippen LogP contribution in [0.15, 0.2) is 12.1 Å². The number of halogens is 2. The van der Waals surface area contributed by atoms with Crippen LogP contribution in [-0.4, -0.2) is 9.78 Å². The van der Waals surface area contributed by atoms with Crippen LogP contribution in [0.5, 0.6) is 0 Å². The van der Waals surface area contributed by atoms with Gasteiger partial charge in [-0.25, -0.2) is 8.78 Å². The van der Waals surface area contributed by atoms with Gasteiger partial charge in [0.1, 0.15) is 11.6 Å². The van der Waals surface area contributed by atoms with Crippen LogP contribution in [0.2, 0.25) is 0 Å². The van der Waals surface area contributed by atoms with Crippen LogP contribution >= 0.6 is 0 Å². The fourth-order valence-corrected chi connectivity index (χ4v) is 2.27. The topological polar surface area (TPSA) is 29.9 Å². The van der Waals surface area contributed by atoms with E-state index in [-0.39, 0.29) is 6.04 Å². The highest BCUT2D eigenvalue weighted by Crippen LogP contribution is 2.27. The van der Waals surface area contributed by atoms with Crippen LogP contribution in [0.3, 0.4) is 0 Å². The molecule has 108 valence electrons. The fraction of sp³-hybridized carbons (Fsp3) is 0.400. The Morgan fingerprint density at radius 1 is 1.15 bits per heavy atom. The molecular weight excluding hydrogens is 260 g/mol. The quantitative estimate of drug-likeness (QED) is 0.926. The van der Waals surface area contributed by atoms with Gasteiger partial charge in [0.2, 0.25) is 0 Å². The Balaban J connectivity index is 2.33. The van der Waals surface area contributed by atoms with Gasteiger partial charge in [0, 0.05) is 12.6 Å². The van der Waals surface area contributed by atoms with Crippen LogP contribution in [0.1, 0.15) is 35.5 Å². The third-order valence-electron chi connectivity index (χ3n) is 3.61. The molecule has 0 aliphatic rings. The summed E-state index contributed by atoms with van der Waals surface area (Å²) in [5.74, 6) is -0.794. The highest BCUT2D eigenvalue weighted by atomic mass is 19.1. The molecule has 0 saturated carbocycles. The summed E-state index contributed by atoms with van der Waals surface area (Å²) in [5.41, 5.74) is 3.29. The maximum atomic E-state index is 14.0. The average molecular weight is 279 g/mol. The predicted molar refractivity (Wildman–Crippen MR) is 75.8 cm³/mol. The molecule has 0 aliphatic carbocycles. The molecule has 0 bridgehead atoms. The Labute approximate surface area is 117 Å². The second-order valence-corrected chi connectivity index (χ2v) is 5.16. The zero-order valence-corrected chi connectivity index (χ0v) is 12.4. The van der Waals surface area contributed by atoms with E-state index in [1.165, 1.54) is 12.1 Å². The lowest BCUT2D eigenvalue weighted by molar-refractivity contribution is 0.571. The first kappa shape index (κ1) is 14.5. The molecule has 1 aromatic carbocycles. The van der Waals surface area contributed by atoms with Crippen LogP contribution in [0.4, 0.5) is 14.5 Å². The van der Waals surface area contributed by atoms with Crippen molar-refractivity contribution in [3.05, 3.63) is 46.3 Å². The van der Waals surface area contributed by atoms with Crippen LogP contribution < -0.4 is 5.32 Å². The molecule has 20 heavy (non-hydrogen) atoms. The second kappa shape index (κ2) is 5.23. The van der Waals surface area contributed by atoms with E-state index < -0.39 is 11.6 Å². The van der Waals surface area contributed by atoms with Gasteiger partial charge in [-0.1, -0.05) is 0 Å². The largest absolute Gasteiger partial charge is 0.375 e. The normalized spacial score (nSPS) is 12.6.